The van der Waals surface area contributed by atoms with Crippen LogP contribution in [-0.4, -0.2) is 19.9 Å². The maximum absolute atomic E-state index is 14.3. The quantitative estimate of drug-likeness (QED) is 0.441. The Labute approximate surface area is 167 Å². The van der Waals surface area contributed by atoms with Crippen molar-refractivity contribution in [2.45, 2.75) is 6.92 Å². The fourth-order valence-corrected chi connectivity index (χ4v) is 4.41. The highest BCUT2D eigenvalue weighted by molar-refractivity contribution is 7.22. The summed E-state index contributed by atoms with van der Waals surface area (Å²) < 4.78 is 14.8. The number of nitrogens with zero attached hydrogens (tertiary/aromatic N) is 4. The fourth-order valence-electron chi connectivity index (χ4n) is 2.52. The maximum atomic E-state index is 14.3. The zero-order valence-electron chi connectivity index (χ0n) is 13.8. The van der Waals surface area contributed by atoms with E-state index in [0.29, 0.717) is 42.6 Å². The molecule has 0 unspecified atom stereocenters. The summed E-state index contributed by atoms with van der Waals surface area (Å²) in [4.78, 5) is 16.7. The molecule has 0 radical (unpaired) electrons. The number of halogens is 3. The number of benzene rings is 1. The van der Waals surface area contributed by atoms with Gasteiger partial charge in [-0.3, -0.25) is 0 Å². The number of thiazole rings is 1. The zero-order chi connectivity index (χ0) is 19.1. The second-order valence-electron chi connectivity index (χ2n) is 5.68. The second kappa shape index (κ2) is 6.88. The van der Waals surface area contributed by atoms with Crippen molar-refractivity contribution in [2.75, 3.05) is 11.1 Å². The van der Waals surface area contributed by atoms with Crippen molar-refractivity contribution in [1.29, 1.82) is 0 Å². The lowest BCUT2D eigenvalue weighted by atomic mass is 10.2. The van der Waals surface area contributed by atoms with Gasteiger partial charge in [0.15, 0.2) is 11.6 Å². The second-order valence-corrected chi connectivity index (χ2v) is 7.49. The van der Waals surface area contributed by atoms with Crippen molar-refractivity contribution < 1.29 is 4.39 Å². The van der Waals surface area contributed by atoms with Gasteiger partial charge in [0.25, 0.3) is 0 Å². The Balaban J connectivity index is 1.86. The van der Waals surface area contributed by atoms with Crippen LogP contribution in [0.2, 0.25) is 10.0 Å². The van der Waals surface area contributed by atoms with Gasteiger partial charge in [-0.1, -0.05) is 23.2 Å². The molecular weight excluding hydrogens is 410 g/mol. The van der Waals surface area contributed by atoms with Gasteiger partial charge in [-0.15, -0.1) is 11.3 Å². The molecule has 0 saturated carbocycles. The van der Waals surface area contributed by atoms with Gasteiger partial charge in [0, 0.05) is 23.0 Å². The standard InChI is InChI=1S/C17H11Cl2FN6S/c1-7-2-12(24-6-23-7)25-16-15-14(11(20)5-22-16)26-17(27-15)13-9(18)3-8(21)4-10(13)19/h2-6H,21H2,1H3,(H,22,23,24,25). The average molecular weight is 421 g/mol. The van der Waals surface area contributed by atoms with Crippen LogP contribution in [0.5, 0.6) is 0 Å². The van der Waals surface area contributed by atoms with Crippen LogP contribution in [0.1, 0.15) is 5.69 Å². The number of rotatable bonds is 3. The SMILES string of the molecule is Cc1cc(Nc2ncc(F)c3nc(-c4c(Cl)cc(N)cc4Cl)sc23)ncn1. The highest BCUT2D eigenvalue weighted by Crippen LogP contribution is 2.42. The Morgan fingerprint density at radius 2 is 1.85 bits per heavy atom. The minimum Gasteiger partial charge on any atom is -0.399 e. The first kappa shape index (κ1) is 17.8. The molecule has 10 heteroatoms. The van der Waals surface area contributed by atoms with Crippen molar-refractivity contribution in [3.8, 4) is 10.6 Å². The number of hydrogen-bond acceptors (Lipinski definition) is 7. The molecule has 0 aliphatic heterocycles. The normalized spacial score (nSPS) is 11.1. The van der Waals surface area contributed by atoms with Crippen molar-refractivity contribution in [1.82, 2.24) is 19.9 Å². The van der Waals surface area contributed by atoms with Crippen LogP contribution >= 0.6 is 34.5 Å². The third-order valence-electron chi connectivity index (χ3n) is 3.70. The number of nitrogens with one attached hydrogen (secondary N) is 1. The van der Waals surface area contributed by atoms with Gasteiger partial charge in [0.1, 0.15) is 27.4 Å². The number of anilines is 3. The lowest BCUT2D eigenvalue weighted by Gasteiger charge is -2.05. The van der Waals surface area contributed by atoms with Crippen LogP contribution in [0.4, 0.5) is 21.7 Å². The van der Waals surface area contributed by atoms with E-state index in [1.807, 2.05) is 6.92 Å². The molecule has 27 heavy (non-hydrogen) atoms. The van der Waals surface area contributed by atoms with E-state index in [2.05, 4.69) is 25.3 Å². The van der Waals surface area contributed by atoms with Crippen LogP contribution < -0.4 is 11.1 Å². The zero-order valence-corrected chi connectivity index (χ0v) is 16.1. The van der Waals surface area contributed by atoms with Gasteiger partial charge in [-0.25, -0.2) is 24.3 Å². The minimum atomic E-state index is -0.542. The van der Waals surface area contributed by atoms with Crippen LogP contribution in [0, 0.1) is 12.7 Å². The van der Waals surface area contributed by atoms with Crippen LogP contribution in [0.25, 0.3) is 20.8 Å². The van der Waals surface area contributed by atoms with Crippen molar-refractivity contribution in [3.63, 3.8) is 0 Å². The molecule has 0 aliphatic rings. The summed E-state index contributed by atoms with van der Waals surface area (Å²) in [6, 6.07) is 4.91. The first-order valence-electron chi connectivity index (χ1n) is 7.68. The third-order valence-corrected chi connectivity index (χ3v) is 5.38. The lowest BCUT2D eigenvalue weighted by molar-refractivity contribution is 0.632. The molecule has 3 heterocycles. The summed E-state index contributed by atoms with van der Waals surface area (Å²) in [5.41, 5.74) is 7.64. The van der Waals surface area contributed by atoms with Gasteiger partial charge in [-0.2, -0.15) is 0 Å². The molecular formula is C17H11Cl2FN6S. The summed E-state index contributed by atoms with van der Waals surface area (Å²) in [5, 5.41) is 4.22. The molecule has 0 amide bonds. The number of fused-ring (bicyclic) bond motifs is 1. The molecule has 3 N–H and O–H groups in total. The summed E-state index contributed by atoms with van der Waals surface area (Å²) in [6.45, 7) is 1.84. The number of nitrogen functional groups attached to an aromatic ring is 1. The molecule has 0 saturated heterocycles. The minimum absolute atomic E-state index is 0.169. The monoisotopic (exact) mass is 420 g/mol. The Bertz CT molecular complexity index is 1160. The fraction of sp³-hybridized carbons (Fsp3) is 0.0588. The molecule has 4 aromatic rings. The predicted molar refractivity (Wildman–Crippen MR) is 107 cm³/mol. The molecule has 4 rings (SSSR count). The molecule has 0 aliphatic carbocycles. The Hall–Kier alpha value is -2.55. The predicted octanol–water partition coefficient (Wildman–Crippen LogP) is 5.23. The van der Waals surface area contributed by atoms with Crippen molar-refractivity contribution >= 4 is 62.1 Å². The van der Waals surface area contributed by atoms with Gasteiger partial charge in [-0.05, 0) is 19.1 Å². The summed E-state index contributed by atoms with van der Waals surface area (Å²) >= 11 is 13.8. The third kappa shape index (κ3) is 3.39. The molecule has 0 bridgehead atoms. The molecule has 6 nitrogen and oxygen atoms in total. The Morgan fingerprint density at radius 3 is 2.56 bits per heavy atom. The van der Waals surface area contributed by atoms with Gasteiger partial charge < -0.3 is 11.1 Å². The topological polar surface area (TPSA) is 89.6 Å². The first-order valence-corrected chi connectivity index (χ1v) is 9.25. The highest BCUT2D eigenvalue weighted by Gasteiger charge is 2.19. The lowest BCUT2D eigenvalue weighted by Crippen LogP contribution is -1.98. The van der Waals surface area contributed by atoms with Gasteiger partial charge in [0.2, 0.25) is 0 Å². The van der Waals surface area contributed by atoms with Crippen LogP contribution in [-0.2, 0) is 0 Å². The molecule has 0 atom stereocenters. The maximum Gasteiger partial charge on any atom is 0.168 e. The van der Waals surface area contributed by atoms with Crippen LogP contribution in [0.3, 0.4) is 0 Å². The van der Waals surface area contributed by atoms with E-state index in [1.165, 1.54) is 17.7 Å². The Morgan fingerprint density at radius 1 is 1.11 bits per heavy atom. The van der Waals surface area contributed by atoms with Gasteiger partial charge >= 0.3 is 0 Å². The van der Waals surface area contributed by atoms with E-state index in [9.17, 15) is 4.39 Å². The number of pyridine rings is 1. The number of hydrogen-bond donors (Lipinski definition) is 2. The number of aromatic nitrogens is 4. The van der Waals surface area contributed by atoms with E-state index < -0.39 is 5.82 Å². The molecule has 1 aromatic carbocycles. The van der Waals surface area contributed by atoms with E-state index in [-0.39, 0.29) is 5.52 Å². The number of aryl methyl sites for hydroxylation is 1. The number of nitrogens with two attached hydrogens (primary N) is 1. The summed E-state index contributed by atoms with van der Waals surface area (Å²) in [6.07, 6.45) is 2.54. The molecule has 3 aromatic heterocycles. The van der Waals surface area contributed by atoms with E-state index in [4.69, 9.17) is 28.9 Å². The molecule has 0 spiro atoms. The molecule has 0 fully saturated rings. The molecule has 136 valence electrons. The van der Waals surface area contributed by atoms with E-state index in [0.717, 1.165) is 11.9 Å². The average Bonchev–Trinajstić information content (AvgIpc) is 3.02. The highest BCUT2D eigenvalue weighted by atomic mass is 35.5. The van der Waals surface area contributed by atoms with Gasteiger partial charge in [0.05, 0.1) is 16.2 Å². The van der Waals surface area contributed by atoms with Crippen molar-refractivity contribution in [2.24, 2.45) is 0 Å². The Kier molecular flexibility index (Phi) is 4.55. The first-order chi connectivity index (χ1) is 12.9. The largest absolute Gasteiger partial charge is 0.399 e. The smallest absolute Gasteiger partial charge is 0.168 e. The van der Waals surface area contributed by atoms with Crippen molar-refractivity contribution in [3.05, 3.63) is 52.3 Å². The summed E-state index contributed by atoms with van der Waals surface area (Å²) in [7, 11) is 0. The summed E-state index contributed by atoms with van der Waals surface area (Å²) in [5.74, 6) is 0.428. The van der Waals surface area contributed by atoms with Crippen LogP contribution in [0.15, 0.2) is 30.7 Å². The van der Waals surface area contributed by atoms with E-state index >= 15 is 0 Å². The van der Waals surface area contributed by atoms with E-state index in [1.54, 1.807) is 18.2 Å².